The van der Waals surface area contributed by atoms with Gasteiger partial charge >= 0.3 is 0 Å². The van der Waals surface area contributed by atoms with Gasteiger partial charge in [0.05, 0.1) is 16.8 Å². The van der Waals surface area contributed by atoms with Gasteiger partial charge in [-0.3, -0.25) is 4.98 Å². The van der Waals surface area contributed by atoms with Crippen LogP contribution in [0.3, 0.4) is 0 Å². The monoisotopic (exact) mass is 227 g/mol. The van der Waals surface area contributed by atoms with Crippen molar-refractivity contribution in [2.75, 3.05) is 5.32 Å². The van der Waals surface area contributed by atoms with Crippen LogP contribution in [0.4, 0.5) is 5.82 Å². The Bertz CT molecular complexity index is 348. The largest absolute Gasteiger partial charge is 0.362 e. The predicted molar refractivity (Wildman–Crippen MR) is 64.5 cm³/mol. The van der Waals surface area contributed by atoms with Crippen LogP contribution in [0, 0.1) is 13.8 Å². The van der Waals surface area contributed by atoms with Crippen molar-refractivity contribution in [3.63, 3.8) is 0 Å². The molecule has 1 aromatic rings. The molecule has 0 fully saturated rings. The van der Waals surface area contributed by atoms with Crippen LogP contribution in [0.1, 0.15) is 32.2 Å². The van der Waals surface area contributed by atoms with E-state index in [9.17, 15) is 0 Å². The fraction of sp³-hybridized carbons (Fsp3) is 0.636. The molecule has 1 rings (SSSR count). The maximum atomic E-state index is 6.10. The summed E-state index contributed by atoms with van der Waals surface area (Å²) in [5, 5.41) is 3.33. The van der Waals surface area contributed by atoms with Crippen molar-refractivity contribution in [3.8, 4) is 0 Å². The van der Waals surface area contributed by atoms with Crippen LogP contribution in [0.5, 0.6) is 0 Å². The second-order valence-corrected chi connectivity index (χ2v) is 5.06. The lowest BCUT2D eigenvalue weighted by molar-refractivity contribution is 0.551. The summed E-state index contributed by atoms with van der Waals surface area (Å²) in [7, 11) is 0. The van der Waals surface area contributed by atoms with E-state index in [1.165, 1.54) is 0 Å². The number of halogens is 1. The van der Waals surface area contributed by atoms with Gasteiger partial charge in [0, 0.05) is 11.7 Å². The maximum absolute atomic E-state index is 6.10. The normalized spacial score (nSPS) is 13.7. The molecule has 1 N–H and O–H groups in total. The first kappa shape index (κ1) is 12.2. The molecule has 0 aliphatic rings. The zero-order chi connectivity index (χ0) is 11.6. The van der Waals surface area contributed by atoms with Crippen LogP contribution < -0.4 is 5.32 Å². The molecule has 0 aromatic carbocycles. The topological polar surface area (TPSA) is 37.8 Å². The van der Waals surface area contributed by atoms with Crippen LogP contribution in [0.25, 0.3) is 0 Å². The average molecular weight is 228 g/mol. The van der Waals surface area contributed by atoms with E-state index in [0.29, 0.717) is 0 Å². The zero-order valence-electron chi connectivity index (χ0n) is 9.93. The second-order valence-electron chi connectivity index (χ2n) is 4.41. The second kappa shape index (κ2) is 4.35. The van der Waals surface area contributed by atoms with Gasteiger partial charge in [-0.1, -0.05) is 0 Å². The van der Waals surface area contributed by atoms with Gasteiger partial charge < -0.3 is 5.32 Å². The molecule has 3 nitrogen and oxygen atoms in total. The Morgan fingerprint density at radius 1 is 1.40 bits per heavy atom. The van der Waals surface area contributed by atoms with Crippen molar-refractivity contribution < 1.29 is 0 Å². The molecule has 84 valence electrons. The van der Waals surface area contributed by atoms with E-state index < -0.39 is 0 Å². The maximum Gasteiger partial charge on any atom is 0.148 e. The molecule has 1 unspecified atom stereocenters. The number of nitrogens with one attached hydrogen (secondary N) is 1. The molecule has 1 heterocycles. The minimum absolute atomic E-state index is 0.0132. The Hall–Kier alpha value is -0.830. The van der Waals surface area contributed by atoms with Gasteiger partial charge in [-0.25, -0.2) is 4.98 Å². The smallest absolute Gasteiger partial charge is 0.148 e. The first-order valence-electron chi connectivity index (χ1n) is 5.05. The lowest BCUT2D eigenvalue weighted by Gasteiger charge is -2.30. The molecular formula is C11H18ClN3. The van der Waals surface area contributed by atoms with Gasteiger partial charge in [0.1, 0.15) is 5.82 Å². The molecule has 0 aliphatic carbocycles. The Morgan fingerprint density at radius 2 is 2.00 bits per heavy atom. The van der Waals surface area contributed by atoms with Gasteiger partial charge in [-0.15, -0.1) is 11.6 Å². The number of hydrogen-bond donors (Lipinski definition) is 1. The number of anilines is 1. The first-order valence-corrected chi connectivity index (χ1v) is 5.49. The zero-order valence-corrected chi connectivity index (χ0v) is 10.7. The van der Waals surface area contributed by atoms with Crippen molar-refractivity contribution in [1.29, 1.82) is 0 Å². The molecule has 0 radical (unpaired) electrons. The highest BCUT2D eigenvalue weighted by molar-refractivity contribution is 6.21. The fourth-order valence-corrected chi connectivity index (χ4v) is 1.12. The van der Waals surface area contributed by atoms with E-state index in [4.69, 9.17) is 11.6 Å². The van der Waals surface area contributed by atoms with E-state index in [1.54, 1.807) is 6.20 Å². The third-order valence-corrected chi connectivity index (χ3v) is 3.06. The predicted octanol–water partition coefficient (Wildman–Crippen LogP) is 2.91. The molecule has 4 heteroatoms. The van der Waals surface area contributed by atoms with E-state index in [0.717, 1.165) is 17.2 Å². The quantitative estimate of drug-likeness (QED) is 0.807. The lowest BCUT2D eigenvalue weighted by Crippen LogP contribution is -2.39. The summed E-state index contributed by atoms with van der Waals surface area (Å²) < 4.78 is 0. The van der Waals surface area contributed by atoms with Crippen molar-refractivity contribution in [3.05, 3.63) is 17.6 Å². The van der Waals surface area contributed by atoms with E-state index in [-0.39, 0.29) is 10.9 Å². The van der Waals surface area contributed by atoms with Crippen LogP contribution in [-0.2, 0) is 0 Å². The fourth-order valence-electron chi connectivity index (χ4n) is 1.06. The number of aromatic nitrogens is 2. The van der Waals surface area contributed by atoms with Crippen LogP contribution in [-0.4, -0.2) is 20.9 Å². The molecule has 0 saturated heterocycles. The minimum Gasteiger partial charge on any atom is -0.362 e. The van der Waals surface area contributed by atoms with Gasteiger partial charge in [0.15, 0.2) is 0 Å². The Kier molecular flexibility index (Phi) is 3.55. The van der Waals surface area contributed by atoms with Crippen molar-refractivity contribution in [1.82, 2.24) is 9.97 Å². The van der Waals surface area contributed by atoms with E-state index in [1.807, 2.05) is 34.6 Å². The van der Waals surface area contributed by atoms with Crippen LogP contribution in [0.15, 0.2) is 6.20 Å². The van der Waals surface area contributed by atoms with Gasteiger partial charge in [0.2, 0.25) is 0 Å². The Balaban J connectivity index is 2.94. The summed E-state index contributed by atoms with van der Waals surface area (Å²) >= 11 is 6.10. The third kappa shape index (κ3) is 3.06. The molecule has 1 atom stereocenters. The highest BCUT2D eigenvalue weighted by Gasteiger charge is 2.24. The first-order chi connectivity index (χ1) is 6.83. The number of hydrogen-bond acceptors (Lipinski definition) is 3. The average Bonchev–Trinajstić information content (AvgIpc) is 2.10. The minimum atomic E-state index is -0.200. The van der Waals surface area contributed by atoms with Gasteiger partial charge in [-0.05, 0) is 34.6 Å². The molecule has 0 spiro atoms. The van der Waals surface area contributed by atoms with Gasteiger partial charge in [-0.2, -0.15) is 0 Å². The number of aryl methyl sites for hydroxylation is 2. The number of alkyl halides is 1. The number of rotatable bonds is 3. The molecule has 1 aromatic heterocycles. The van der Waals surface area contributed by atoms with Crippen LogP contribution >= 0.6 is 11.6 Å². The van der Waals surface area contributed by atoms with Crippen molar-refractivity contribution in [2.24, 2.45) is 0 Å². The summed E-state index contributed by atoms with van der Waals surface area (Å²) in [6.45, 7) is 9.92. The lowest BCUT2D eigenvalue weighted by atomic mass is 10.0. The molecule has 0 bridgehead atoms. The summed E-state index contributed by atoms with van der Waals surface area (Å²) in [4.78, 5) is 8.66. The van der Waals surface area contributed by atoms with Gasteiger partial charge in [0.25, 0.3) is 0 Å². The Labute approximate surface area is 96.3 Å². The van der Waals surface area contributed by atoms with E-state index >= 15 is 0 Å². The standard InChI is InChI=1S/C11H18ClN3/c1-7-6-13-8(2)10(14-7)15-11(4,5)9(3)12/h6,9H,1-5H3,(H,14,15). The molecule has 0 saturated carbocycles. The molecule has 15 heavy (non-hydrogen) atoms. The third-order valence-electron chi connectivity index (χ3n) is 2.51. The van der Waals surface area contributed by atoms with Crippen molar-refractivity contribution in [2.45, 2.75) is 45.5 Å². The van der Waals surface area contributed by atoms with Crippen molar-refractivity contribution >= 4 is 17.4 Å². The van der Waals surface area contributed by atoms with E-state index in [2.05, 4.69) is 15.3 Å². The molecule has 0 amide bonds. The number of nitrogens with zero attached hydrogens (tertiary/aromatic N) is 2. The summed E-state index contributed by atoms with van der Waals surface area (Å²) in [6, 6.07) is 0. The summed E-state index contributed by atoms with van der Waals surface area (Å²) in [5.41, 5.74) is 1.60. The highest BCUT2D eigenvalue weighted by Crippen LogP contribution is 2.21. The summed E-state index contributed by atoms with van der Waals surface area (Å²) in [6.07, 6.45) is 1.76. The molecule has 0 aliphatic heterocycles. The highest BCUT2D eigenvalue weighted by atomic mass is 35.5. The van der Waals surface area contributed by atoms with Crippen LogP contribution in [0.2, 0.25) is 0 Å². The molecular weight excluding hydrogens is 210 g/mol. The SMILES string of the molecule is Cc1cnc(C)c(NC(C)(C)C(C)Cl)n1. The summed E-state index contributed by atoms with van der Waals surface area (Å²) in [5.74, 6) is 0.813. The Morgan fingerprint density at radius 3 is 2.53 bits per heavy atom.